The highest BCUT2D eigenvalue weighted by atomic mass is 32.2. The van der Waals surface area contributed by atoms with Crippen LogP contribution in [0.5, 0.6) is 17.6 Å². The van der Waals surface area contributed by atoms with Gasteiger partial charge in [0.2, 0.25) is 5.88 Å². The van der Waals surface area contributed by atoms with Crippen LogP contribution in [-0.4, -0.2) is 49.4 Å². The molecule has 1 amide bonds. The van der Waals surface area contributed by atoms with Crippen LogP contribution in [0, 0.1) is 5.92 Å². The maximum atomic E-state index is 12.9. The zero-order valence-electron chi connectivity index (χ0n) is 16.9. The summed E-state index contributed by atoms with van der Waals surface area (Å²) in [7, 11) is -3.39. The van der Waals surface area contributed by atoms with Crippen LogP contribution in [-0.2, 0) is 9.84 Å². The van der Waals surface area contributed by atoms with E-state index < -0.39 is 40.6 Å². The maximum Gasteiger partial charge on any atom is 0.422 e. The third-order valence-electron chi connectivity index (χ3n) is 4.26. The highest BCUT2D eigenvalue weighted by Crippen LogP contribution is 2.34. The number of alkyl halides is 3. The van der Waals surface area contributed by atoms with Gasteiger partial charge in [-0.25, -0.2) is 13.4 Å². The Bertz CT molecular complexity index is 1090. The van der Waals surface area contributed by atoms with E-state index in [0.29, 0.717) is 0 Å². The first-order valence-corrected chi connectivity index (χ1v) is 11.4. The van der Waals surface area contributed by atoms with Gasteiger partial charge in [-0.15, -0.1) is 0 Å². The number of carbonyl (C=O) groups is 1. The molecule has 1 aromatic carbocycles. The highest BCUT2D eigenvalue weighted by Gasteiger charge is 2.32. The van der Waals surface area contributed by atoms with Gasteiger partial charge in [0.15, 0.2) is 16.4 Å². The van der Waals surface area contributed by atoms with Crippen molar-refractivity contribution in [3.8, 4) is 17.6 Å². The van der Waals surface area contributed by atoms with Gasteiger partial charge in [-0.1, -0.05) is 24.3 Å². The van der Waals surface area contributed by atoms with Crippen molar-refractivity contribution in [3.05, 3.63) is 53.6 Å². The number of halogens is 3. The van der Waals surface area contributed by atoms with Gasteiger partial charge in [0.05, 0.1) is 12.2 Å². The molecule has 1 saturated carbocycles. The molecule has 8 nitrogen and oxygen atoms in total. The molecule has 1 N–H and O–H groups in total. The molecule has 1 aromatic heterocycles. The van der Waals surface area contributed by atoms with E-state index in [9.17, 15) is 26.4 Å². The molecule has 0 bridgehead atoms. The minimum absolute atomic E-state index is 0.0748. The average Bonchev–Trinajstić information content (AvgIpc) is 3.54. The summed E-state index contributed by atoms with van der Waals surface area (Å²) >= 11 is 0. The summed E-state index contributed by atoms with van der Waals surface area (Å²) in [5.74, 6) is -0.612. The van der Waals surface area contributed by atoms with E-state index >= 15 is 0 Å². The summed E-state index contributed by atoms with van der Waals surface area (Å²) in [6.07, 6.45) is 0.457. The Hall–Kier alpha value is -3.15. The number of benzene rings is 1. The predicted molar refractivity (Wildman–Crippen MR) is 108 cm³/mol. The molecular weight excluding hydrogens is 451 g/mol. The topological polar surface area (TPSA) is 107 Å². The van der Waals surface area contributed by atoms with E-state index in [1.54, 1.807) is 30.3 Å². The lowest BCUT2D eigenvalue weighted by molar-refractivity contribution is -0.154. The van der Waals surface area contributed by atoms with E-state index in [-0.39, 0.29) is 23.1 Å². The summed E-state index contributed by atoms with van der Waals surface area (Å²) in [4.78, 5) is 20.4. The number of hydrogen-bond acceptors (Lipinski definition) is 7. The number of hydrogen-bond donors (Lipinski definition) is 1. The summed E-state index contributed by atoms with van der Waals surface area (Å²) < 4.78 is 70.4. The lowest BCUT2D eigenvalue weighted by Crippen LogP contribution is -2.35. The third kappa shape index (κ3) is 7.52. The SMILES string of the molecule is CS(=O)(=O)C=CC(NC(=O)c1cnc(OCC(F)(F)F)nc1Oc1ccccc1)C1CC1. The number of nitrogens with one attached hydrogen (secondary N) is 1. The number of sulfone groups is 1. The zero-order chi connectivity index (χ0) is 23.4. The molecule has 1 atom stereocenters. The standard InChI is InChI=1S/C20H20F3N3O5S/c1-32(28,29)10-9-16(13-7-8-13)25-17(27)15-11-24-19(30-12-20(21,22)23)26-18(15)31-14-5-3-2-4-6-14/h2-6,9-11,13,16H,7-8,12H2,1H3,(H,25,27). The molecule has 0 aliphatic heterocycles. The van der Waals surface area contributed by atoms with Crippen LogP contribution >= 0.6 is 0 Å². The average molecular weight is 471 g/mol. The molecule has 1 aliphatic carbocycles. The van der Waals surface area contributed by atoms with Crippen molar-refractivity contribution >= 4 is 15.7 Å². The predicted octanol–water partition coefficient (Wildman–Crippen LogP) is 3.28. The van der Waals surface area contributed by atoms with Gasteiger partial charge < -0.3 is 14.8 Å². The molecule has 1 fully saturated rings. The molecule has 3 rings (SSSR count). The lowest BCUT2D eigenvalue weighted by atomic mass is 10.1. The Balaban J connectivity index is 1.85. The number of carbonyl (C=O) groups excluding carboxylic acids is 1. The number of nitrogens with zero attached hydrogens (tertiary/aromatic N) is 2. The largest absolute Gasteiger partial charge is 0.454 e. The zero-order valence-corrected chi connectivity index (χ0v) is 17.7. The smallest absolute Gasteiger partial charge is 0.422 e. The second-order valence-electron chi connectivity index (χ2n) is 7.19. The van der Waals surface area contributed by atoms with Crippen LogP contribution < -0.4 is 14.8 Å². The fourth-order valence-corrected chi connectivity index (χ4v) is 3.09. The van der Waals surface area contributed by atoms with Crippen LogP contribution in [0.25, 0.3) is 0 Å². The van der Waals surface area contributed by atoms with Gasteiger partial charge >= 0.3 is 12.2 Å². The van der Waals surface area contributed by atoms with E-state index in [1.807, 2.05) is 0 Å². The highest BCUT2D eigenvalue weighted by molar-refractivity contribution is 7.93. The lowest BCUT2D eigenvalue weighted by Gasteiger charge is -2.16. The van der Waals surface area contributed by atoms with Crippen molar-refractivity contribution in [1.82, 2.24) is 15.3 Å². The van der Waals surface area contributed by atoms with E-state index in [1.165, 1.54) is 6.08 Å². The molecule has 172 valence electrons. The Kier molecular flexibility index (Phi) is 7.02. The van der Waals surface area contributed by atoms with Crippen LogP contribution in [0.1, 0.15) is 23.2 Å². The molecule has 0 radical (unpaired) electrons. The van der Waals surface area contributed by atoms with Gasteiger partial charge in [-0.05, 0) is 30.9 Å². The fourth-order valence-electron chi connectivity index (χ4n) is 2.64. The fraction of sp³-hybridized carbons (Fsp3) is 0.350. The van der Waals surface area contributed by atoms with Gasteiger partial charge in [0.25, 0.3) is 5.91 Å². The van der Waals surface area contributed by atoms with Gasteiger partial charge in [-0.3, -0.25) is 4.79 Å². The van der Waals surface area contributed by atoms with Crippen molar-refractivity contribution in [2.45, 2.75) is 25.1 Å². The third-order valence-corrected chi connectivity index (χ3v) is 4.91. The first-order valence-electron chi connectivity index (χ1n) is 9.49. The maximum absolute atomic E-state index is 12.9. The van der Waals surface area contributed by atoms with Crippen LogP contribution in [0.15, 0.2) is 48.0 Å². The monoisotopic (exact) mass is 471 g/mol. The minimum atomic E-state index is -4.59. The van der Waals surface area contributed by atoms with Crippen molar-refractivity contribution in [3.63, 3.8) is 0 Å². The van der Waals surface area contributed by atoms with Crippen molar-refractivity contribution < 1.29 is 35.9 Å². The summed E-state index contributed by atoms with van der Waals surface area (Å²) in [6.45, 7) is -1.61. The normalized spacial score (nSPS) is 15.4. The van der Waals surface area contributed by atoms with E-state index in [4.69, 9.17) is 4.74 Å². The first-order chi connectivity index (χ1) is 15.0. The van der Waals surface area contributed by atoms with Gasteiger partial charge in [-0.2, -0.15) is 18.2 Å². The van der Waals surface area contributed by atoms with Crippen LogP contribution in [0.3, 0.4) is 0 Å². The molecule has 32 heavy (non-hydrogen) atoms. The number of ether oxygens (including phenoxy) is 2. The van der Waals surface area contributed by atoms with Gasteiger partial charge in [0.1, 0.15) is 11.3 Å². The Morgan fingerprint density at radius 2 is 1.97 bits per heavy atom. The Morgan fingerprint density at radius 1 is 1.28 bits per heavy atom. The summed E-state index contributed by atoms with van der Waals surface area (Å²) in [6, 6.07) is 7.03. The number of para-hydroxylation sites is 1. The van der Waals surface area contributed by atoms with E-state index in [0.717, 1.165) is 30.7 Å². The Labute approximate surface area is 182 Å². The van der Waals surface area contributed by atoms with Gasteiger partial charge in [0, 0.05) is 11.7 Å². The minimum Gasteiger partial charge on any atom is -0.454 e. The molecule has 0 spiro atoms. The van der Waals surface area contributed by atoms with Crippen LogP contribution in [0.2, 0.25) is 0 Å². The van der Waals surface area contributed by atoms with Crippen LogP contribution in [0.4, 0.5) is 13.2 Å². The number of amides is 1. The van der Waals surface area contributed by atoms with Crippen molar-refractivity contribution in [2.75, 3.05) is 12.9 Å². The first kappa shape index (κ1) is 23.5. The van der Waals surface area contributed by atoms with Crippen molar-refractivity contribution in [1.29, 1.82) is 0 Å². The van der Waals surface area contributed by atoms with Crippen molar-refractivity contribution in [2.24, 2.45) is 5.92 Å². The molecule has 2 aromatic rings. The molecule has 0 saturated heterocycles. The van der Waals surface area contributed by atoms with E-state index in [2.05, 4.69) is 20.0 Å². The molecule has 1 heterocycles. The molecule has 1 unspecified atom stereocenters. The second-order valence-corrected chi connectivity index (χ2v) is 9.12. The number of rotatable bonds is 9. The molecular formula is C20H20F3N3O5S. The quantitative estimate of drug-likeness (QED) is 0.598. The summed E-state index contributed by atoms with van der Waals surface area (Å²) in [5, 5.41) is 3.71. The molecule has 1 aliphatic rings. The second kappa shape index (κ2) is 9.55. The molecule has 12 heteroatoms. The Morgan fingerprint density at radius 3 is 2.56 bits per heavy atom. The number of aromatic nitrogens is 2. The summed E-state index contributed by atoms with van der Waals surface area (Å²) in [5.41, 5.74) is -0.147.